The first-order chi connectivity index (χ1) is 5.63. The monoisotopic (exact) mass is 166 g/mol. The van der Waals surface area contributed by atoms with Gasteiger partial charge >= 0.3 is 0 Å². The van der Waals surface area contributed by atoms with E-state index in [0.29, 0.717) is 17.3 Å². The van der Waals surface area contributed by atoms with Crippen LogP contribution >= 0.6 is 0 Å². The third kappa shape index (κ3) is 0.773. The SMILES string of the molecule is CC1CC(C=O)C2(C(C)C)CC12. The van der Waals surface area contributed by atoms with Crippen molar-refractivity contribution in [2.45, 2.75) is 33.6 Å². The minimum atomic E-state index is 0.373. The van der Waals surface area contributed by atoms with Crippen LogP contribution in [-0.4, -0.2) is 6.29 Å². The van der Waals surface area contributed by atoms with Gasteiger partial charge in [0.1, 0.15) is 6.29 Å². The van der Waals surface area contributed by atoms with Crippen molar-refractivity contribution in [2.75, 3.05) is 0 Å². The van der Waals surface area contributed by atoms with Gasteiger partial charge in [0.2, 0.25) is 0 Å². The van der Waals surface area contributed by atoms with E-state index in [9.17, 15) is 4.79 Å². The zero-order chi connectivity index (χ0) is 8.93. The molecule has 0 spiro atoms. The molecule has 0 heterocycles. The van der Waals surface area contributed by atoms with Crippen LogP contribution in [0.25, 0.3) is 0 Å². The van der Waals surface area contributed by atoms with Gasteiger partial charge in [-0.05, 0) is 36.0 Å². The Hall–Kier alpha value is -0.330. The largest absolute Gasteiger partial charge is 0.303 e. The first-order valence-corrected chi connectivity index (χ1v) is 5.08. The van der Waals surface area contributed by atoms with Crippen LogP contribution in [0.2, 0.25) is 0 Å². The van der Waals surface area contributed by atoms with E-state index in [1.54, 1.807) is 0 Å². The van der Waals surface area contributed by atoms with Gasteiger partial charge in [0.05, 0.1) is 0 Å². The first kappa shape index (κ1) is 8.28. The van der Waals surface area contributed by atoms with Crippen molar-refractivity contribution >= 4 is 6.29 Å². The number of carbonyl (C=O) groups is 1. The molecule has 68 valence electrons. The molecule has 4 atom stereocenters. The van der Waals surface area contributed by atoms with Gasteiger partial charge in [0.25, 0.3) is 0 Å². The molecule has 12 heavy (non-hydrogen) atoms. The van der Waals surface area contributed by atoms with Gasteiger partial charge in [-0.3, -0.25) is 0 Å². The Labute approximate surface area is 74.5 Å². The van der Waals surface area contributed by atoms with Crippen LogP contribution in [0.5, 0.6) is 0 Å². The summed E-state index contributed by atoms with van der Waals surface area (Å²) in [4.78, 5) is 10.9. The van der Waals surface area contributed by atoms with E-state index in [4.69, 9.17) is 0 Å². The second kappa shape index (κ2) is 2.34. The zero-order valence-corrected chi connectivity index (χ0v) is 8.21. The van der Waals surface area contributed by atoms with Gasteiger partial charge in [-0.1, -0.05) is 20.8 Å². The van der Waals surface area contributed by atoms with Gasteiger partial charge < -0.3 is 4.79 Å². The number of carbonyl (C=O) groups excluding carboxylic acids is 1. The molecular formula is C11H18O. The van der Waals surface area contributed by atoms with Crippen molar-refractivity contribution in [3.05, 3.63) is 0 Å². The molecule has 1 heteroatoms. The van der Waals surface area contributed by atoms with Crippen molar-refractivity contribution in [3.8, 4) is 0 Å². The summed E-state index contributed by atoms with van der Waals surface area (Å²) in [7, 11) is 0. The topological polar surface area (TPSA) is 17.1 Å². The van der Waals surface area contributed by atoms with E-state index in [1.807, 2.05) is 0 Å². The Morgan fingerprint density at radius 3 is 2.50 bits per heavy atom. The molecule has 1 nitrogen and oxygen atoms in total. The summed E-state index contributed by atoms with van der Waals surface area (Å²) in [5.41, 5.74) is 0.432. The van der Waals surface area contributed by atoms with Crippen molar-refractivity contribution in [1.82, 2.24) is 0 Å². The Balaban J connectivity index is 2.23. The van der Waals surface area contributed by atoms with Crippen LogP contribution in [0.1, 0.15) is 33.6 Å². The Kier molecular flexibility index (Phi) is 1.61. The van der Waals surface area contributed by atoms with Crippen molar-refractivity contribution < 1.29 is 4.79 Å². The Morgan fingerprint density at radius 2 is 2.17 bits per heavy atom. The zero-order valence-electron chi connectivity index (χ0n) is 8.21. The molecule has 0 aromatic carbocycles. The lowest BCUT2D eigenvalue weighted by atomic mass is 9.82. The summed E-state index contributed by atoms with van der Waals surface area (Å²) in [5.74, 6) is 2.73. The average molecular weight is 166 g/mol. The average Bonchev–Trinajstić information content (AvgIpc) is 2.70. The standard InChI is InChI=1S/C11H18O/c1-7(2)11-5-10(11)8(3)4-9(11)6-12/h6-10H,4-5H2,1-3H3. The van der Waals surface area contributed by atoms with Crippen LogP contribution in [0.15, 0.2) is 0 Å². The maximum atomic E-state index is 10.9. The highest BCUT2D eigenvalue weighted by Crippen LogP contribution is 2.71. The van der Waals surface area contributed by atoms with Crippen molar-refractivity contribution in [3.63, 3.8) is 0 Å². The summed E-state index contributed by atoms with van der Waals surface area (Å²) in [5, 5.41) is 0. The number of hydrogen-bond acceptors (Lipinski definition) is 1. The van der Waals surface area contributed by atoms with Crippen LogP contribution < -0.4 is 0 Å². The fourth-order valence-corrected chi connectivity index (χ4v) is 3.54. The smallest absolute Gasteiger partial charge is 0.123 e. The minimum Gasteiger partial charge on any atom is -0.303 e. The lowest BCUT2D eigenvalue weighted by Gasteiger charge is -2.22. The van der Waals surface area contributed by atoms with E-state index in [-0.39, 0.29) is 0 Å². The summed E-state index contributed by atoms with van der Waals surface area (Å²) in [6.45, 7) is 6.85. The number of fused-ring (bicyclic) bond motifs is 1. The van der Waals surface area contributed by atoms with Crippen LogP contribution in [-0.2, 0) is 4.79 Å². The molecule has 0 radical (unpaired) electrons. The molecule has 4 unspecified atom stereocenters. The van der Waals surface area contributed by atoms with Crippen LogP contribution in [0, 0.1) is 29.1 Å². The van der Waals surface area contributed by atoms with E-state index < -0.39 is 0 Å². The highest BCUT2D eigenvalue weighted by molar-refractivity contribution is 5.58. The first-order valence-electron chi connectivity index (χ1n) is 5.08. The minimum absolute atomic E-state index is 0.373. The predicted molar refractivity (Wildman–Crippen MR) is 48.7 cm³/mol. The van der Waals surface area contributed by atoms with Gasteiger partial charge in [-0.15, -0.1) is 0 Å². The lowest BCUT2D eigenvalue weighted by Crippen LogP contribution is -2.20. The molecular weight excluding hydrogens is 148 g/mol. The second-order valence-corrected chi connectivity index (χ2v) is 5.03. The number of rotatable bonds is 2. The normalized spacial score (nSPS) is 50.8. The summed E-state index contributed by atoms with van der Waals surface area (Å²) in [6.07, 6.45) is 3.67. The van der Waals surface area contributed by atoms with E-state index in [0.717, 1.165) is 18.3 Å². The van der Waals surface area contributed by atoms with Gasteiger partial charge in [-0.25, -0.2) is 0 Å². The number of hydrogen-bond donors (Lipinski definition) is 0. The molecule has 2 aliphatic rings. The summed E-state index contributed by atoms with van der Waals surface area (Å²) < 4.78 is 0. The van der Waals surface area contributed by atoms with Crippen LogP contribution in [0.4, 0.5) is 0 Å². The van der Waals surface area contributed by atoms with Gasteiger partial charge in [0, 0.05) is 5.92 Å². The molecule has 0 saturated heterocycles. The molecule has 0 amide bonds. The second-order valence-electron chi connectivity index (χ2n) is 5.03. The maximum absolute atomic E-state index is 10.9. The van der Waals surface area contributed by atoms with Crippen molar-refractivity contribution in [1.29, 1.82) is 0 Å². The molecule has 2 saturated carbocycles. The quantitative estimate of drug-likeness (QED) is 0.576. The van der Waals surface area contributed by atoms with E-state index >= 15 is 0 Å². The predicted octanol–water partition coefficient (Wildman–Crippen LogP) is 2.50. The fourth-order valence-electron chi connectivity index (χ4n) is 3.54. The third-order valence-corrected chi connectivity index (χ3v) is 4.35. The molecule has 2 aliphatic carbocycles. The van der Waals surface area contributed by atoms with Gasteiger partial charge in [-0.2, -0.15) is 0 Å². The molecule has 2 rings (SSSR count). The van der Waals surface area contributed by atoms with E-state index in [2.05, 4.69) is 20.8 Å². The van der Waals surface area contributed by atoms with E-state index in [1.165, 1.54) is 12.7 Å². The molecule has 0 aromatic heterocycles. The molecule has 0 N–H and O–H groups in total. The summed E-state index contributed by atoms with van der Waals surface area (Å²) >= 11 is 0. The Morgan fingerprint density at radius 1 is 1.50 bits per heavy atom. The molecule has 0 aliphatic heterocycles. The van der Waals surface area contributed by atoms with Crippen LogP contribution in [0.3, 0.4) is 0 Å². The number of aldehydes is 1. The molecule has 0 aromatic rings. The van der Waals surface area contributed by atoms with Crippen molar-refractivity contribution in [2.24, 2.45) is 29.1 Å². The third-order valence-electron chi connectivity index (χ3n) is 4.35. The highest BCUT2D eigenvalue weighted by atomic mass is 16.1. The maximum Gasteiger partial charge on any atom is 0.123 e. The summed E-state index contributed by atoms with van der Waals surface area (Å²) in [6, 6.07) is 0. The van der Waals surface area contributed by atoms with Gasteiger partial charge in [0.15, 0.2) is 0 Å². The lowest BCUT2D eigenvalue weighted by molar-refractivity contribution is -0.113. The fraction of sp³-hybridized carbons (Fsp3) is 0.909. The molecule has 2 fully saturated rings. The highest BCUT2D eigenvalue weighted by Gasteiger charge is 2.66. The Bertz CT molecular complexity index is 209. The molecule has 0 bridgehead atoms.